The number of aromatic nitrogens is 2. The lowest BCUT2D eigenvalue weighted by Gasteiger charge is -2.26. The summed E-state index contributed by atoms with van der Waals surface area (Å²) < 4.78 is 7.21. The molecule has 3 rings (SSSR count). The third kappa shape index (κ3) is 5.07. The van der Waals surface area contributed by atoms with Crippen LogP contribution in [0.5, 0.6) is 0 Å². The molecular weight excluding hydrogens is 294 g/mol. The number of amides is 2. The SMILES string of the molecule is O=C(Nc1cnn(CCN2CCOCC2)c1)N[C@@H]1C=CCCC1. The molecule has 1 aromatic heterocycles. The molecule has 1 aliphatic carbocycles. The summed E-state index contributed by atoms with van der Waals surface area (Å²) in [6.07, 6.45) is 11.0. The van der Waals surface area contributed by atoms with Crippen molar-refractivity contribution in [3.63, 3.8) is 0 Å². The quantitative estimate of drug-likeness (QED) is 0.806. The molecule has 2 amide bonds. The minimum absolute atomic E-state index is 0.139. The molecule has 0 unspecified atom stereocenters. The molecule has 0 aromatic carbocycles. The van der Waals surface area contributed by atoms with E-state index < -0.39 is 0 Å². The van der Waals surface area contributed by atoms with Crippen LogP contribution >= 0.6 is 0 Å². The van der Waals surface area contributed by atoms with Gasteiger partial charge in [0.25, 0.3) is 0 Å². The Morgan fingerprint density at radius 2 is 2.22 bits per heavy atom. The summed E-state index contributed by atoms with van der Waals surface area (Å²) >= 11 is 0. The van der Waals surface area contributed by atoms with Crippen LogP contribution in [-0.2, 0) is 11.3 Å². The number of hydrogen-bond donors (Lipinski definition) is 2. The molecule has 2 heterocycles. The summed E-state index contributed by atoms with van der Waals surface area (Å²) in [5.74, 6) is 0. The number of carbonyl (C=O) groups is 1. The molecule has 0 saturated carbocycles. The van der Waals surface area contributed by atoms with Crippen molar-refractivity contribution >= 4 is 11.7 Å². The summed E-state index contributed by atoms with van der Waals surface area (Å²) in [7, 11) is 0. The fourth-order valence-corrected chi connectivity index (χ4v) is 2.89. The minimum atomic E-state index is -0.172. The van der Waals surface area contributed by atoms with Gasteiger partial charge in [-0.15, -0.1) is 0 Å². The number of morpholine rings is 1. The molecule has 7 nitrogen and oxygen atoms in total. The molecule has 1 saturated heterocycles. The van der Waals surface area contributed by atoms with Gasteiger partial charge in [-0.05, 0) is 19.3 Å². The zero-order chi connectivity index (χ0) is 15.9. The van der Waals surface area contributed by atoms with E-state index in [4.69, 9.17) is 4.74 Å². The van der Waals surface area contributed by atoms with Gasteiger partial charge in [0, 0.05) is 31.9 Å². The largest absolute Gasteiger partial charge is 0.379 e. The highest BCUT2D eigenvalue weighted by Crippen LogP contribution is 2.11. The number of nitrogens with zero attached hydrogens (tertiary/aromatic N) is 3. The third-order valence-corrected chi connectivity index (χ3v) is 4.21. The first-order valence-corrected chi connectivity index (χ1v) is 8.36. The van der Waals surface area contributed by atoms with Gasteiger partial charge in [-0.25, -0.2) is 4.79 Å². The second-order valence-corrected chi connectivity index (χ2v) is 6.01. The van der Waals surface area contributed by atoms with Crippen molar-refractivity contribution in [2.45, 2.75) is 31.8 Å². The maximum Gasteiger partial charge on any atom is 0.319 e. The number of allylic oxidation sites excluding steroid dienone is 1. The Balaban J connectivity index is 1.42. The van der Waals surface area contributed by atoms with E-state index in [2.05, 4.69) is 32.8 Å². The number of ether oxygens (including phenoxy) is 1. The van der Waals surface area contributed by atoms with Gasteiger partial charge in [0.2, 0.25) is 0 Å². The van der Waals surface area contributed by atoms with Crippen molar-refractivity contribution in [3.8, 4) is 0 Å². The van der Waals surface area contributed by atoms with Crippen molar-refractivity contribution in [1.82, 2.24) is 20.0 Å². The van der Waals surface area contributed by atoms with E-state index in [1.54, 1.807) is 6.20 Å². The molecule has 0 radical (unpaired) electrons. The Bertz CT molecular complexity index is 536. The lowest BCUT2D eigenvalue weighted by molar-refractivity contribution is 0.0360. The van der Waals surface area contributed by atoms with Gasteiger partial charge in [0.1, 0.15) is 0 Å². The van der Waals surface area contributed by atoms with Crippen LogP contribution in [0.3, 0.4) is 0 Å². The zero-order valence-electron chi connectivity index (χ0n) is 13.4. The van der Waals surface area contributed by atoms with E-state index in [0.717, 1.165) is 64.3 Å². The first-order chi connectivity index (χ1) is 11.3. The van der Waals surface area contributed by atoms with Crippen molar-refractivity contribution in [3.05, 3.63) is 24.5 Å². The number of carbonyl (C=O) groups excluding carboxylic acids is 1. The number of urea groups is 1. The average molecular weight is 319 g/mol. The van der Waals surface area contributed by atoms with Crippen LogP contribution in [0.1, 0.15) is 19.3 Å². The molecule has 7 heteroatoms. The molecule has 1 atom stereocenters. The highest BCUT2D eigenvalue weighted by atomic mass is 16.5. The van der Waals surface area contributed by atoms with E-state index in [-0.39, 0.29) is 12.1 Å². The van der Waals surface area contributed by atoms with Crippen molar-refractivity contribution in [1.29, 1.82) is 0 Å². The second-order valence-electron chi connectivity index (χ2n) is 6.01. The van der Waals surface area contributed by atoms with Crippen LogP contribution in [-0.4, -0.2) is 59.6 Å². The Labute approximate surface area is 136 Å². The fourth-order valence-electron chi connectivity index (χ4n) is 2.89. The standard InChI is InChI=1S/C16H25N5O2/c22-16(18-14-4-2-1-3-5-14)19-15-12-17-21(13-15)7-6-20-8-10-23-11-9-20/h2,4,12-14H,1,3,5-11H2,(H2,18,19,22)/t14-/m1/s1. The van der Waals surface area contributed by atoms with E-state index in [1.807, 2.05) is 10.9 Å². The van der Waals surface area contributed by atoms with Crippen molar-refractivity contribution in [2.24, 2.45) is 0 Å². The monoisotopic (exact) mass is 319 g/mol. The summed E-state index contributed by atoms with van der Waals surface area (Å²) in [4.78, 5) is 14.3. The van der Waals surface area contributed by atoms with Crippen molar-refractivity contribution < 1.29 is 9.53 Å². The summed E-state index contributed by atoms with van der Waals surface area (Å²) in [5.41, 5.74) is 0.726. The van der Waals surface area contributed by atoms with Crippen LogP contribution in [0.2, 0.25) is 0 Å². The molecule has 1 aromatic rings. The molecule has 2 aliphatic rings. The van der Waals surface area contributed by atoms with Gasteiger partial charge in [0.15, 0.2) is 0 Å². The van der Waals surface area contributed by atoms with E-state index in [1.165, 1.54) is 0 Å². The fraction of sp³-hybridized carbons (Fsp3) is 0.625. The molecule has 2 N–H and O–H groups in total. The summed E-state index contributed by atoms with van der Waals surface area (Å²) in [5, 5.41) is 10.1. The maximum absolute atomic E-state index is 12.0. The average Bonchev–Trinajstić information content (AvgIpc) is 3.02. The number of hydrogen-bond acceptors (Lipinski definition) is 4. The predicted octanol–water partition coefficient (Wildman–Crippen LogP) is 1.45. The Kier molecular flexibility index (Phi) is 5.65. The van der Waals surface area contributed by atoms with Gasteiger partial charge in [-0.3, -0.25) is 9.58 Å². The van der Waals surface area contributed by atoms with Crippen LogP contribution in [0.4, 0.5) is 10.5 Å². The lowest BCUT2D eigenvalue weighted by Crippen LogP contribution is -2.38. The van der Waals surface area contributed by atoms with E-state index in [9.17, 15) is 4.79 Å². The first kappa shape index (κ1) is 16.0. The topological polar surface area (TPSA) is 71.4 Å². The van der Waals surface area contributed by atoms with Crippen LogP contribution in [0.25, 0.3) is 0 Å². The number of rotatable bonds is 5. The molecule has 0 bridgehead atoms. The molecule has 23 heavy (non-hydrogen) atoms. The molecular formula is C16H25N5O2. The maximum atomic E-state index is 12.0. The predicted molar refractivity (Wildman–Crippen MR) is 88.4 cm³/mol. The van der Waals surface area contributed by atoms with Crippen LogP contribution in [0, 0.1) is 0 Å². The van der Waals surface area contributed by atoms with Gasteiger partial charge < -0.3 is 15.4 Å². The van der Waals surface area contributed by atoms with Gasteiger partial charge in [0.05, 0.1) is 31.6 Å². The third-order valence-electron chi connectivity index (χ3n) is 4.21. The van der Waals surface area contributed by atoms with E-state index in [0.29, 0.717) is 0 Å². The van der Waals surface area contributed by atoms with Crippen LogP contribution in [0.15, 0.2) is 24.5 Å². The first-order valence-electron chi connectivity index (χ1n) is 8.36. The van der Waals surface area contributed by atoms with Crippen LogP contribution < -0.4 is 10.6 Å². The van der Waals surface area contributed by atoms with Gasteiger partial charge in [-0.2, -0.15) is 5.10 Å². The zero-order valence-corrected chi connectivity index (χ0v) is 13.4. The smallest absolute Gasteiger partial charge is 0.319 e. The summed E-state index contributed by atoms with van der Waals surface area (Å²) in [6.45, 7) is 5.33. The Morgan fingerprint density at radius 3 is 3.00 bits per heavy atom. The normalized spacial score (nSPS) is 22.0. The van der Waals surface area contributed by atoms with Crippen molar-refractivity contribution in [2.75, 3.05) is 38.2 Å². The highest BCUT2D eigenvalue weighted by molar-refractivity contribution is 5.89. The number of anilines is 1. The lowest BCUT2D eigenvalue weighted by atomic mass is 10.0. The van der Waals surface area contributed by atoms with Gasteiger partial charge in [-0.1, -0.05) is 12.2 Å². The van der Waals surface area contributed by atoms with Gasteiger partial charge >= 0.3 is 6.03 Å². The summed E-state index contributed by atoms with van der Waals surface area (Å²) in [6, 6.07) is -0.0330. The number of nitrogens with one attached hydrogen (secondary N) is 2. The second kappa shape index (κ2) is 8.12. The molecule has 1 fully saturated rings. The molecule has 126 valence electrons. The molecule has 1 aliphatic heterocycles. The Hall–Kier alpha value is -1.86. The van der Waals surface area contributed by atoms with E-state index >= 15 is 0 Å². The molecule has 0 spiro atoms. The highest BCUT2D eigenvalue weighted by Gasteiger charge is 2.13. The minimum Gasteiger partial charge on any atom is -0.379 e. The Morgan fingerprint density at radius 1 is 1.35 bits per heavy atom.